The second-order valence-electron chi connectivity index (χ2n) is 8.92. The highest BCUT2D eigenvalue weighted by Crippen LogP contribution is 2.38. The van der Waals surface area contributed by atoms with Gasteiger partial charge in [-0.25, -0.2) is 0 Å². The van der Waals surface area contributed by atoms with Gasteiger partial charge in [0.1, 0.15) is 0 Å². The van der Waals surface area contributed by atoms with E-state index in [-0.39, 0.29) is 11.9 Å². The summed E-state index contributed by atoms with van der Waals surface area (Å²) in [5.41, 5.74) is 3.39. The normalized spacial score (nSPS) is 20.7. The van der Waals surface area contributed by atoms with Gasteiger partial charge in [0.25, 0.3) is 0 Å². The van der Waals surface area contributed by atoms with Crippen LogP contribution in [0.25, 0.3) is 0 Å². The summed E-state index contributed by atoms with van der Waals surface area (Å²) in [5.74, 6) is 1.75. The smallest absolute Gasteiger partial charge is 0.242 e. The minimum absolute atomic E-state index is 0.0961. The number of nitrogens with zero attached hydrogens (tertiary/aromatic N) is 2. The van der Waals surface area contributed by atoms with Crippen LogP contribution in [0.4, 0.5) is 11.4 Å². The molecular formula is C26H33N3O3. The summed E-state index contributed by atoms with van der Waals surface area (Å²) in [6, 6.07) is 14.6. The maximum Gasteiger partial charge on any atom is 0.242 e. The molecule has 6 nitrogen and oxygen atoms in total. The molecule has 0 radical (unpaired) electrons. The quantitative estimate of drug-likeness (QED) is 0.743. The molecule has 2 aromatic rings. The van der Waals surface area contributed by atoms with Gasteiger partial charge in [0, 0.05) is 26.1 Å². The number of para-hydroxylation sites is 2. The van der Waals surface area contributed by atoms with E-state index in [9.17, 15) is 4.79 Å². The summed E-state index contributed by atoms with van der Waals surface area (Å²) in [6.07, 6.45) is 6.67. The molecule has 3 heterocycles. The van der Waals surface area contributed by atoms with Gasteiger partial charge in [0.05, 0.1) is 37.2 Å². The van der Waals surface area contributed by atoms with E-state index in [1.807, 2.05) is 17.0 Å². The zero-order valence-electron chi connectivity index (χ0n) is 18.7. The fourth-order valence-electron chi connectivity index (χ4n) is 5.10. The zero-order valence-corrected chi connectivity index (χ0v) is 18.7. The highest BCUT2D eigenvalue weighted by molar-refractivity contribution is 5.83. The average molecular weight is 436 g/mol. The number of piperidine rings is 1. The first-order valence-corrected chi connectivity index (χ1v) is 12.1. The lowest BCUT2D eigenvalue weighted by atomic mass is 10.0. The van der Waals surface area contributed by atoms with Crippen molar-refractivity contribution < 1.29 is 14.3 Å². The Hall–Kier alpha value is -2.89. The standard InChI is InChI=1S/C26H33N3O3/c30-26(19-27-21-8-2-3-9-23(21)28-13-4-1-5-14-28)29-15-6-10-22(29)20-11-12-24-25(18-20)32-17-7-16-31-24/h2-3,8-9,11-12,18,22,27H,1,4-7,10,13-17,19H2/t22-/m0/s1. The molecule has 1 atom stereocenters. The van der Waals surface area contributed by atoms with Crippen LogP contribution in [-0.4, -0.2) is 50.2 Å². The molecule has 1 N–H and O–H groups in total. The van der Waals surface area contributed by atoms with Crippen LogP contribution in [0.15, 0.2) is 42.5 Å². The number of rotatable bonds is 5. The molecule has 0 aromatic heterocycles. The van der Waals surface area contributed by atoms with Crippen LogP contribution in [0.3, 0.4) is 0 Å². The van der Waals surface area contributed by atoms with Crippen molar-refractivity contribution in [3.05, 3.63) is 48.0 Å². The molecule has 0 saturated carbocycles. The second kappa shape index (κ2) is 9.72. The number of carbonyl (C=O) groups is 1. The Morgan fingerprint density at radius 1 is 0.906 bits per heavy atom. The topological polar surface area (TPSA) is 54.0 Å². The number of ether oxygens (including phenoxy) is 2. The molecule has 3 aliphatic heterocycles. The number of hydrogen-bond donors (Lipinski definition) is 1. The SMILES string of the molecule is O=C(CNc1ccccc1N1CCCCC1)N1CCC[C@H]1c1ccc2c(c1)OCCCO2. The molecule has 2 aromatic carbocycles. The number of carbonyl (C=O) groups excluding carboxylic acids is 1. The Kier molecular flexibility index (Phi) is 6.37. The van der Waals surface area contributed by atoms with Gasteiger partial charge in [-0.05, 0) is 61.9 Å². The van der Waals surface area contributed by atoms with E-state index in [0.717, 1.165) is 61.6 Å². The van der Waals surface area contributed by atoms with E-state index in [4.69, 9.17) is 9.47 Å². The molecule has 2 saturated heterocycles. The minimum atomic E-state index is 0.0961. The molecule has 6 heteroatoms. The predicted molar refractivity (Wildman–Crippen MR) is 127 cm³/mol. The number of hydrogen-bond acceptors (Lipinski definition) is 5. The number of fused-ring (bicyclic) bond motifs is 1. The van der Waals surface area contributed by atoms with Crippen LogP contribution in [0.1, 0.15) is 50.1 Å². The minimum Gasteiger partial charge on any atom is -0.490 e. The molecule has 170 valence electrons. The fraction of sp³-hybridized carbons (Fsp3) is 0.500. The maximum atomic E-state index is 13.2. The van der Waals surface area contributed by atoms with Gasteiger partial charge in [-0.15, -0.1) is 0 Å². The molecule has 1 amide bonds. The fourth-order valence-corrected chi connectivity index (χ4v) is 5.10. The Morgan fingerprint density at radius 3 is 2.59 bits per heavy atom. The Balaban J connectivity index is 1.27. The molecular weight excluding hydrogens is 402 g/mol. The summed E-state index contributed by atoms with van der Waals surface area (Å²) >= 11 is 0. The summed E-state index contributed by atoms with van der Waals surface area (Å²) in [7, 11) is 0. The van der Waals surface area contributed by atoms with E-state index < -0.39 is 0 Å². The first-order chi connectivity index (χ1) is 15.8. The van der Waals surface area contributed by atoms with Crippen molar-refractivity contribution in [2.24, 2.45) is 0 Å². The van der Waals surface area contributed by atoms with Gasteiger partial charge in [-0.3, -0.25) is 4.79 Å². The maximum absolute atomic E-state index is 13.2. The van der Waals surface area contributed by atoms with Crippen molar-refractivity contribution in [2.75, 3.05) is 49.6 Å². The second-order valence-corrected chi connectivity index (χ2v) is 8.92. The number of likely N-dealkylation sites (tertiary alicyclic amines) is 1. The zero-order chi connectivity index (χ0) is 21.8. The van der Waals surface area contributed by atoms with Crippen LogP contribution in [-0.2, 0) is 4.79 Å². The summed E-state index contributed by atoms with van der Waals surface area (Å²) in [6.45, 7) is 4.64. The number of nitrogens with one attached hydrogen (secondary N) is 1. The van der Waals surface area contributed by atoms with Gasteiger partial charge >= 0.3 is 0 Å². The third kappa shape index (κ3) is 4.50. The largest absolute Gasteiger partial charge is 0.490 e. The number of amides is 1. The van der Waals surface area contributed by atoms with Gasteiger partial charge in [-0.1, -0.05) is 18.2 Å². The first-order valence-electron chi connectivity index (χ1n) is 12.1. The van der Waals surface area contributed by atoms with Gasteiger partial charge < -0.3 is 24.6 Å². The van der Waals surface area contributed by atoms with Crippen molar-refractivity contribution in [1.82, 2.24) is 4.90 Å². The lowest BCUT2D eigenvalue weighted by Gasteiger charge is -2.31. The van der Waals surface area contributed by atoms with E-state index >= 15 is 0 Å². The summed E-state index contributed by atoms with van der Waals surface area (Å²) < 4.78 is 11.6. The van der Waals surface area contributed by atoms with Crippen molar-refractivity contribution in [2.45, 2.75) is 44.6 Å². The highest BCUT2D eigenvalue weighted by atomic mass is 16.5. The molecule has 2 fully saturated rings. The molecule has 0 bridgehead atoms. The van der Waals surface area contributed by atoms with Crippen molar-refractivity contribution in [1.29, 1.82) is 0 Å². The lowest BCUT2D eigenvalue weighted by Crippen LogP contribution is -2.35. The third-order valence-electron chi connectivity index (χ3n) is 6.76. The van der Waals surface area contributed by atoms with Gasteiger partial charge in [0.2, 0.25) is 5.91 Å². The van der Waals surface area contributed by atoms with Crippen LogP contribution in [0.2, 0.25) is 0 Å². The van der Waals surface area contributed by atoms with Gasteiger partial charge in [-0.2, -0.15) is 0 Å². The first kappa shape index (κ1) is 21.0. The van der Waals surface area contributed by atoms with Crippen LogP contribution >= 0.6 is 0 Å². The van der Waals surface area contributed by atoms with Crippen molar-refractivity contribution in [3.63, 3.8) is 0 Å². The summed E-state index contributed by atoms with van der Waals surface area (Å²) in [5, 5.41) is 3.44. The van der Waals surface area contributed by atoms with E-state index in [1.165, 1.54) is 24.9 Å². The van der Waals surface area contributed by atoms with Crippen LogP contribution in [0.5, 0.6) is 11.5 Å². The Labute approximate surface area is 190 Å². The number of benzene rings is 2. The van der Waals surface area contributed by atoms with Crippen molar-refractivity contribution >= 4 is 17.3 Å². The van der Waals surface area contributed by atoms with E-state index in [1.54, 1.807) is 0 Å². The molecule has 5 rings (SSSR count). The third-order valence-corrected chi connectivity index (χ3v) is 6.76. The molecule has 0 unspecified atom stereocenters. The Bertz CT molecular complexity index is 942. The molecule has 0 spiro atoms. The van der Waals surface area contributed by atoms with Crippen LogP contribution in [0, 0.1) is 0 Å². The average Bonchev–Trinajstić information content (AvgIpc) is 3.22. The molecule has 0 aliphatic carbocycles. The predicted octanol–water partition coefficient (Wildman–Crippen LogP) is 4.61. The van der Waals surface area contributed by atoms with Gasteiger partial charge in [0.15, 0.2) is 11.5 Å². The Morgan fingerprint density at radius 2 is 1.72 bits per heavy atom. The number of anilines is 2. The van der Waals surface area contributed by atoms with E-state index in [2.05, 4.69) is 40.5 Å². The van der Waals surface area contributed by atoms with E-state index in [0.29, 0.717) is 19.8 Å². The highest BCUT2D eigenvalue weighted by Gasteiger charge is 2.30. The van der Waals surface area contributed by atoms with Crippen LogP contribution < -0.4 is 19.7 Å². The molecule has 3 aliphatic rings. The van der Waals surface area contributed by atoms with Crippen molar-refractivity contribution in [3.8, 4) is 11.5 Å². The monoisotopic (exact) mass is 435 g/mol. The lowest BCUT2D eigenvalue weighted by molar-refractivity contribution is -0.130. The molecule has 32 heavy (non-hydrogen) atoms. The summed E-state index contributed by atoms with van der Waals surface area (Å²) in [4.78, 5) is 17.7.